The van der Waals surface area contributed by atoms with Crippen LogP contribution in [0.15, 0.2) is 24.3 Å². The summed E-state index contributed by atoms with van der Waals surface area (Å²) in [6.07, 6.45) is 2.94. The molecule has 0 aliphatic carbocycles. The van der Waals surface area contributed by atoms with Crippen molar-refractivity contribution >= 4 is 21.6 Å². The third-order valence-electron chi connectivity index (χ3n) is 3.49. The molecule has 0 saturated heterocycles. The van der Waals surface area contributed by atoms with Gasteiger partial charge in [0.1, 0.15) is 6.04 Å². The molecule has 22 heavy (non-hydrogen) atoms. The van der Waals surface area contributed by atoms with E-state index < -0.39 is 16.1 Å². The maximum absolute atomic E-state index is 12.3. The summed E-state index contributed by atoms with van der Waals surface area (Å²) < 4.78 is 25.4. The zero-order chi connectivity index (χ0) is 16.9. The van der Waals surface area contributed by atoms with Crippen molar-refractivity contribution < 1.29 is 13.2 Å². The Labute approximate surface area is 133 Å². The Morgan fingerprint density at radius 1 is 1.23 bits per heavy atom. The Balaban J connectivity index is 3.02. The summed E-state index contributed by atoms with van der Waals surface area (Å²) in [7, 11) is -3.55. The average Bonchev–Trinajstić information content (AvgIpc) is 2.39. The summed E-state index contributed by atoms with van der Waals surface area (Å²) >= 11 is 0. The van der Waals surface area contributed by atoms with Gasteiger partial charge in [-0.1, -0.05) is 31.0 Å². The van der Waals surface area contributed by atoms with Gasteiger partial charge in [-0.3, -0.25) is 9.10 Å². The summed E-state index contributed by atoms with van der Waals surface area (Å²) in [5.74, 6) is -0.285. The Kier molecular flexibility index (Phi) is 6.41. The smallest absolute Gasteiger partial charge is 0.243 e. The standard InChI is InChI=1S/C16H26N2O3S/c1-6-7-13(3)17-16(19)14(4)18(22(5,20)21)15-10-8-12(2)9-11-15/h8-11,13-14H,6-7H2,1-5H3,(H,17,19)/t13-,14+/m0/s1. The maximum Gasteiger partial charge on any atom is 0.243 e. The lowest BCUT2D eigenvalue weighted by molar-refractivity contribution is -0.122. The predicted octanol–water partition coefficient (Wildman–Crippen LogP) is 2.45. The molecule has 6 heteroatoms. The first-order valence-electron chi connectivity index (χ1n) is 7.53. The van der Waals surface area contributed by atoms with Gasteiger partial charge in [-0.05, 0) is 39.3 Å². The second kappa shape index (κ2) is 7.63. The number of benzene rings is 1. The molecule has 1 rings (SSSR count). The van der Waals surface area contributed by atoms with Gasteiger partial charge in [0.15, 0.2) is 0 Å². The molecule has 0 spiro atoms. The van der Waals surface area contributed by atoms with Gasteiger partial charge in [0.2, 0.25) is 15.9 Å². The van der Waals surface area contributed by atoms with E-state index in [2.05, 4.69) is 5.32 Å². The molecule has 1 amide bonds. The van der Waals surface area contributed by atoms with Crippen LogP contribution in [0.25, 0.3) is 0 Å². The fourth-order valence-electron chi connectivity index (χ4n) is 2.37. The molecule has 0 aliphatic rings. The van der Waals surface area contributed by atoms with Crippen molar-refractivity contribution in [2.24, 2.45) is 0 Å². The number of amides is 1. The highest BCUT2D eigenvalue weighted by atomic mass is 32.2. The molecule has 0 fully saturated rings. The second-order valence-corrected chi connectivity index (χ2v) is 7.63. The van der Waals surface area contributed by atoms with Crippen LogP contribution in [0.2, 0.25) is 0 Å². The number of carbonyl (C=O) groups is 1. The maximum atomic E-state index is 12.3. The normalized spacial score (nSPS) is 14.2. The van der Waals surface area contributed by atoms with Crippen LogP contribution in [-0.4, -0.2) is 32.7 Å². The van der Waals surface area contributed by atoms with E-state index in [9.17, 15) is 13.2 Å². The van der Waals surface area contributed by atoms with Gasteiger partial charge in [0.05, 0.1) is 11.9 Å². The second-order valence-electron chi connectivity index (χ2n) is 5.77. The molecule has 1 N–H and O–H groups in total. The first-order valence-corrected chi connectivity index (χ1v) is 9.38. The lowest BCUT2D eigenvalue weighted by Crippen LogP contribution is -2.49. The van der Waals surface area contributed by atoms with Crippen molar-refractivity contribution in [3.05, 3.63) is 29.8 Å². The predicted molar refractivity (Wildman–Crippen MR) is 90.5 cm³/mol. The van der Waals surface area contributed by atoms with Crippen molar-refractivity contribution in [3.63, 3.8) is 0 Å². The fraction of sp³-hybridized carbons (Fsp3) is 0.562. The van der Waals surface area contributed by atoms with Crippen LogP contribution in [0.5, 0.6) is 0 Å². The Hall–Kier alpha value is -1.56. The number of hydrogen-bond donors (Lipinski definition) is 1. The molecule has 1 aromatic rings. The Morgan fingerprint density at radius 3 is 2.23 bits per heavy atom. The molecule has 5 nitrogen and oxygen atoms in total. The Morgan fingerprint density at radius 2 is 1.77 bits per heavy atom. The van der Waals surface area contributed by atoms with Gasteiger partial charge >= 0.3 is 0 Å². The van der Waals surface area contributed by atoms with E-state index in [1.54, 1.807) is 19.1 Å². The lowest BCUT2D eigenvalue weighted by atomic mass is 10.1. The topological polar surface area (TPSA) is 66.5 Å². The fourth-order valence-corrected chi connectivity index (χ4v) is 3.54. The number of nitrogens with one attached hydrogen (secondary N) is 1. The summed E-state index contributed by atoms with van der Waals surface area (Å²) in [4.78, 5) is 12.3. The number of aryl methyl sites for hydroxylation is 1. The van der Waals surface area contributed by atoms with Gasteiger partial charge in [0.25, 0.3) is 0 Å². The molecule has 0 aromatic heterocycles. The molecule has 0 saturated carbocycles. The number of hydrogen-bond acceptors (Lipinski definition) is 3. The highest BCUT2D eigenvalue weighted by Crippen LogP contribution is 2.21. The molecular weight excluding hydrogens is 300 g/mol. The molecule has 2 atom stereocenters. The van der Waals surface area contributed by atoms with Crippen molar-refractivity contribution in [1.29, 1.82) is 0 Å². The Bertz CT molecular complexity index is 596. The van der Waals surface area contributed by atoms with Crippen molar-refractivity contribution in [2.75, 3.05) is 10.6 Å². The van der Waals surface area contributed by atoms with E-state index in [1.165, 1.54) is 4.31 Å². The van der Waals surface area contributed by atoms with E-state index in [0.717, 1.165) is 24.7 Å². The van der Waals surface area contributed by atoms with Crippen LogP contribution in [0, 0.1) is 6.92 Å². The molecule has 1 aromatic carbocycles. The highest BCUT2D eigenvalue weighted by Gasteiger charge is 2.29. The van der Waals surface area contributed by atoms with Crippen molar-refractivity contribution in [3.8, 4) is 0 Å². The molecule has 0 bridgehead atoms. The number of anilines is 1. The number of nitrogens with zero attached hydrogens (tertiary/aromatic N) is 1. The van der Waals surface area contributed by atoms with E-state index >= 15 is 0 Å². The largest absolute Gasteiger partial charge is 0.352 e. The molecular formula is C16H26N2O3S. The molecule has 0 unspecified atom stereocenters. The minimum Gasteiger partial charge on any atom is -0.352 e. The SMILES string of the molecule is CCC[C@H](C)NC(=O)[C@@H](C)N(c1ccc(C)cc1)S(C)(=O)=O. The number of carbonyl (C=O) groups excluding carboxylic acids is 1. The van der Waals surface area contributed by atoms with Gasteiger partial charge < -0.3 is 5.32 Å². The third-order valence-corrected chi connectivity index (χ3v) is 4.73. The van der Waals surface area contributed by atoms with Crippen LogP contribution < -0.4 is 9.62 Å². The van der Waals surface area contributed by atoms with Crippen LogP contribution in [-0.2, 0) is 14.8 Å². The lowest BCUT2D eigenvalue weighted by Gasteiger charge is -2.29. The third kappa shape index (κ3) is 5.02. The number of sulfonamides is 1. The van der Waals surface area contributed by atoms with Crippen LogP contribution in [0.1, 0.15) is 39.2 Å². The summed E-state index contributed by atoms with van der Waals surface area (Å²) in [5, 5.41) is 2.87. The zero-order valence-electron chi connectivity index (χ0n) is 14.0. The van der Waals surface area contributed by atoms with Gasteiger partial charge in [-0.15, -0.1) is 0 Å². The van der Waals surface area contributed by atoms with Crippen molar-refractivity contribution in [1.82, 2.24) is 5.32 Å². The van der Waals surface area contributed by atoms with E-state index in [0.29, 0.717) is 5.69 Å². The summed E-state index contributed by atoms with van der Waals surface area (Å²) in [5.41, 5.74) is 1.53. The van der Waals surface area contributed by atoms with Crippen LogP contribution in [0.3, 0.4) is 0 Å². The van der Waals surface area contributed by atoms with Crippen LogP contribution in [0.4, 0.5) is 5.69 Å². The molecule has 0 aliphatic heterocycles. The molecule has 0 heterocycles. The highest BCUT2D eigenvalue weighted by molar-refractivity contribution is 7.92. The van der Waals surface area contributed by atoms with E-state index in [4.69, 9.17) is 0 Å². The zero-order valence-corrected chi connectivity index (χ0v) is 14.8. The van der Waals surface area contributed by atoms with E-state index in [-0.39, 0.29) is 11.9 Å². The minimum atomic E-state index is -3.55. The van der Waals surface area contributed by atoms with Gasteiger partial charge in [0, 0.05) is 6.04 Å². The van der Waals surface area contributed by atoms with Gasteiger partial charge in [-0.2, -0.15) is 0 Å². The summed E-state index contributed by atoms with van der Waals surface area (Å²) in [6.45, 7) is 7.50. The van der Waals surface area contributed by atoms with E-state index in [1.807, 2.05) is 32.9 Å². The number of rotatable bonds is 7. The minimum absolute atomic E-state index is 0.0272. The first kappa shape index (κ1) is 18.5. The van der Waals surface area contributed by atoms with Crippen LogP contribution >= 0.6 is 0 Å². The molecule has 124 valence electrons. The summed E-state index contributed by atoms with van der Waals surface area (Å²) in [6, 6.07) is 6.33. The molecule has 0 radical (unpaired) electrons. The average molecular weight is 326 g/mol. The quantitative estimate of drug-likeness (QED) is 0.837. The van der Waals surface area contributed by atoms with Gasteiger partial charge in [-0.25, -0.2) is 8.42 Å². The first-order chi connectivity index (χ1) is 10.2. The van der Waals surface area contributed by atoms with Crippen molar-refractivity contribution in [2.45, 2.75) is 52.6 Å². The monoisotopic (exact) mass is 326 g/mol.